The molecule has 1 aromatic carbocycles. The van der Waals surface area contributed by atoms with E-state index in [1.807, 2.05) is 0 Å². The van der Waals surface area contributed by atoms with Crippen molar-refractivity contribution in [2.24, 2.45) is 11.1 Å². The van der Waals surface area contributed by atoms with Crippen molar-refractivity contribution < 1.29 is 22.0 Å². The third kappa shape index (κ3) is 4.92. The molecule has 0 radical (unpaired) electrons. The van der Waals surface area contributed by atoms with Crippen LogP contribution in [0.1, 0.15) is 25.1 Å². The minimum absolute atomic E-state index is 0.0426. The molecule has 0 aliphatic heterocycles. The summed E-state index contributed by atoms with van der Waals surface area (Å²) in [6.45, 7) is 8.97. The predicted molar refractivity (Wildman–Crippen MR) is 119 cm³/mol. The van der Waals surface area contributed by atoms with Crippen LogP contribution in [-0.2, 0) is 6.54 Å². The van der Waals surface area contributed by atoms with Gasteiger partial charge in [0.25, 0.3) is 0 Å². The molecule has 1 unspecified atom stereocenters. The maximum Gasteiger partial charge on any atom is 0.401 e. The molecule has 2 aromatic heterocycles. The number of anilines is 1. The Bertz CT molecular complexity index is 1230. The first-order valence-electron chi connectivity index (χ1n) is 10.1. The fourth-order valence-corrected chi connectivity index (χ4v) is 3.05. The number of hydrogen-bond donors (Lipinski definition) is 2. The number of rotatable bonds is 8. The minimum Gasteiger partial charge on any atom is -0.402 e. The van der Waals surface area contributed by atoms with Gasteiger partial charge >= 0.3 is 6.18 Å². The molecule has 0 amide bonds. The molecule has 1 atom stereocenters. The van der Waals surface area contributed by atoms with Crippen LogP contribution in [0.15, 0.2) is 55.4 Å². The summed E-state index contributed by atoms with van der Waals surface area (Å²) in [4.78, 5) is 7.92. The van der Waals surface area contributed by atoms with Gasteiger partial charge in [0.05, 0.1) is 18.4 Å². The van der Waals surface area contributed by atoms with Crippen molar-refractivity contribution in [2.45, 2.75) is 26.6 Å². The topological polar surface area (TPSA) is 81.7 Å². The van der Waals surface area contributed by atoms with E-state index in [1.54, 1.807) is 31.2 Å². The molecule has 0 spiro atoms. The summed E-state index contributed by atoms with van der Waals surface area (Å²) >= 11 is 0. The van der Waals surface area contributed by atoms with Crippen LogP contribution in [0, 0.1) is 17.0 Å². The lowest BCUT2D eigenvalue weighted by molar-refractivity contribution is -0.199. The molecule has 0 bridgehead atoms. The Balaban J connectivity index is 1.94. The van der Waals surface area contributed by atoms with E-state index in [0.717, 1.165) is 13.1 Å². The second-order valence-corrected chi connectivity index (χ2v) is 8.04. The van der Waals surface area contributed by atoms with Gasteiger partial charge < -0.3 is 11.1 Å². The number of benzene rings is 1. The van der Waals surface area contributed by atoms with Gasteiger partial charge in [0.1, 0.15) is 16.9 Å². The van der Waals surface area contributed by atoms with Crippen molar-refractivity contribution in [1.29, 1.82) is 0 Å². The third-order valence-electron chi connectivity index (χ3n) is 5.41. The molecule has 0 aliphatic carbocycles. The molecule has 34 heavy (non-hydrogen) atoms. The molecular formula is C23H23F5N6. The minimum atomic E-state index is -4.72. The van der Waals surface area contributed by atoms with Gasteiger partial charge in [0.15, 0.2) is 17.5 Å². The van der Waals surface area contributed by atoms with Crippen molar-refractivity contribution in [3.05, 3.63) is 78.3 Å². The van der Waals surface area contributed by atoms with Crippen LogP contribution in [0.25, 0.3) is 17.1 Å². The zero-order valence-corrected chi connectivity index (χ0v) is 18.5. The fourth-order valence-electron chi connectivity index (χ4n) is 3.05. The molecule has 3 rings (SSSR count). The van der Waals surface area contributed by atoms with Gasteiger partial charge in [-0.05, 0) is 31.6 Å². The molecular weight excluding hydrogens is 455 g/mol. The maximum absolute atomic E-state index is 14.3. The fraction of sp³-hybridized carbons (Fsp3) is 0.261. The Morgan fingerprint density at radius 3 is 2.41 bits per heavy atom. The average Bonchev–Trinajstić information content (AvgIpc) is 3.17. The van der Waals surface area contributed by atoms with Gasteiger partial charge in [-0.15, -0.1) is 0 Å². The van der Waals surface area contributed by atoms with Gasteiger partial charge in [-0.3, -0.25) is 4.68 Å². The molecule has 0 aliphatic rings. The number of allylic oxidation sites excluding steroid dienone is 1. The molecule has 11 heteroatoms. The van der Waals surface area contributed by atoms with Gasteiger partial charge in [0.2, 0.25) is 0 Å². The van der Waals surface area contributed by atoms with E-state index < -0.39 is 41.3 Å². The van der Waals surface area contributed by atoms with Gasteiger partial charge in [-0.2, -0.15) is 18.3 Å². The number of nitrogens with two attached hydrogens (primary N) is 1. The van der Waals surface area contributed by atoms with E-state index in [2.05, 4.69) is 33.5 Å². The monoisotopic (exact) mass is 478 g/mol. The molecule has 180 valence electrons. The quantitative estimate of drug-likeness (QED) is 0.438. The standard InChI is InChI=1S/C23H23F5N6/c1-13(2)19-9-18(33-34(19)11-15-7-5-6-8-16(15)24)21-30-10-17(25)20(32-21)31-12-22(4,14(3)29)23(26,27)28/h5-10H,1,3,11-12,29H2,2,4H3,(H,30,31,32). The number of hydrogen-bond acceptors (Lipinski definition) is 5. The Labute approximate surface area is 193 Å². The Kier molecular flexibility index (Phi) is 6.76. The summed E-state index contributed by atoms with van der Waals surface area (Å²) in [7, 11) is 0. The van der Waals surface area contributed by atoms with E-state index in [0.29, 0.717) is 16.8 Å². The lowest BCUT2D eigenvalue weighted by Crippen LogP contribution is -2.45. The van der Waals surface area contributed by atoms with Crippen LogP contribution in [0.5, 0.6) is 0 Å². The van der Waals surface area contributed by atoms with Crippen LogP contribution >= 0.6 is 0 Å². The van der Waals surface area contributed by atoms with Crippen LogP contribution in [-0.4, -0.2) is 32.5 Å². The summed E-state index contributed by atoms with van der Waals surface area (Å²) in [6.07, 6.45) is -3.90. The Hall–Kier alpha value is -3.76. The summed E-state index contributed by atoms with van der Waals surface area (Å²) < 4.78 is 70.4. The van der Waals surface area contributed by atoms with Crippen LogP contribution < -0.4 is 11.1 Å². The lowest BCUT2D eigenvalue weighted by atomic mass is 9.86. The number of nitrogens with one attached hydrogen (secondary N) is 1. The highest BCUT2D eigenvalue weighted by Crippen LogP contribution is 2.41. The first-order chi connectivity index (χ1) is 15.8. The largest absolute Gasteiger partial charge is 0.402 e. The Morgan fingerprint density at radius 2 is 1.82 bits per heavy atom. The molecule has 3 N–H and O–H groups in total. The summed E-state index contributed by atoms with van der Waals surface area (Å²) in [5, 5.41) is 6.74. The normalized spacial score (nSPS) is 13.4. The number of nitrogens with zero attached hydrogens (tertiary/aromatic N) is 4. The average molecular weight is 478 g/mol. The van der Waals surface area contributed by atoms with E-state index in [4.69, 9.17) is 5.73 Å². The molecule has 6 nitrogen and oxygen atoms in total. The van der Waals surface area contributed by atoms with Gasteiger partial charge in [0, 0.05) is 17.8 Å². The summed E-state index contributed by atoms with van der Waals surface area (Å²) in [5.41, 5.74) is 4.01. The van der Waals surface area contributed by atoms with Crippen LogP contribution in [0.2, 0.25) is 0 Å². The molecule has 3 aromatic rings. The van der Waals surface area contributed by atoms with Crippen LogP contribution in [0.4, 0.5) is 27.8 Å². The third-order valence-corrected chi connectivity index (χ3v) is 5.41. The second kappa shape index (κ2) is 9.24. The summed E-state index contributed by atoms with van der Waals surface area (Å²) in [5.74, 6) is -1.87. The smallest absolute Gasteiger partial charge is 0.401 e. The SMILES string of the molecule is C=C(C)c1cc(-c2ncc(F)c(NCC(C)(C(=C)N)C(F)(F)F)n2)nn1Cc1ccccc1F. The Morgan fingerprint density at radius 1 is 1.15 bits per heavy atom. The molecule has 0 saturated heterocycles. The number of aromatic nitrogens is 4. The van der Waals surface area contributed by atoms with E-state index in [1.165, 1.54) is 10.7 Å². The van der Waals surface area contributed by atoms with Crippen molar-refractivity contribution in [2.75, 3.05) is 11.9 Å². The summed E-state index contributed by atoms with van der Waals surface area (Å²) in [6, 6.07) is 7.78. The van der Waals surface area contributed by atoms with Crippen LogP contribution in [0.3, 0.4) is 0 Å². The first kappa shape index (κ1) is 24.9. The number of alkyl halides is 3. The van der Waals surface area contributed by atoms with E-state index >= 15 is 0 Å². The van der Waals surface area contributed by atoms with E-state index in [-0.39, 0.29) is 18.1 Å². The molecule has 0 fully saturated rings. The highest BCUT2D eigenvalue weighted by Gasteiger charge is 2.52. The maximum atomic E-state index is 14.3. The predicted octanol–water partition coefficient (Wildman–Crippen LogP) is 5.15. The van der Waals surface area contributed by atoms with Gasteiger partial charge in [-0.1, -0.05) is 31.4 Å². The first-order valence-corrected chi connectivity index (χ1v) is 10.1. The second-order valence-electron chi connectivity index (χ2n) is 8.04. The zero-order valence-electron chi connectivity index (χ0n) is 18.5. The highest BCUT2D eigenvalue weighted by molar-refractivity contribution is 5.64. The molecule has 0 saturated carbocycles. The highest BCUT2D eigenvalue weighted by atomic mass is 19.4. The van der Waals surface area contributed by atoms with Crippen molar-refractivity contribution in [3.8, 4) is 11.5 Å². The van der Waals surface area contributed by atoms with Crippen molar-refractivity contribution in [1.82, 2.24) is 19.7 Å². The molecule has 2 heterocycles. The van der Waals surface area contributed by atoms with E-state index in [9.17, 15) is 22.0 Å². The van der Waals surface area contributed by atoms with Crippen molar-refractivity contribution in [3.63, 3.8) is 0 Å². The number of halogens is 5. The van der Waals surface area contributed by atoms with Gasteiger partial charge in [-0.25, -0.2) is 18.7 Å². The zero-order chi connectivity index (χ0) is 25.3. The van der Waals surface area contributed by atoms with Crippen molar-refractivity contribution >= 4 is 11.4 Å². The lowest BCUT2D eigenvalue weighted by Gasteiger charge is -2.32.